The fraction of sp³-hybridized carbons (Fsp3) is 0.111. The van der Waals surface area contributed by atoms with Crippen LogP contribution in [0.3, 0.4) is 0 Å². The van der Waals surface area contributed by atoms with E-state index in [9.17, 15) is 0 Å². The molecule has 1 N–H and O–H groups in total. The Morgan fingerprint density at radius 3 is 2.60 bits per heavy atom. The molecule has 0 fully saturated rings. The molecule has 100 valence electrons. The predicted molar refractivity (Wildman–Crippen MR) is 90.2 cm³/mol. The normalized spacial score (nSPS) is 10.7. The first-order valence-electron chi connectivity index (χ1n) is 6.71. The van der Waals surface area contributed by atoms with E-state index in [1.165, 1.54) is 21.9 Å². The number of fused-ring (bicyclic) bond motifs is 1. The average Bonchev–Trinajstić information content (AvgIpc) is 2.48. The molecule has 3 aromatic carbocycles. The van der Waals surface area contributed by atoms with Crippen LogP contribution in [0.15, 0.2) is 65.1 Å². The molecule has 0 aliphatic heterocycles. The van der Waals surface area contributed by atoms with Crippen molar-refractivity contribution < 1.29 is 0 Å². The maximum absolute atomic E-state index is 3.57. The Balaban J connectivity index is 1.85. The zero-order valence-electron chi connectivity index (χ0n) is 11.4. The van der Waals surface area contributed by atoms with E-state index in [-0.39, 0.29) is 0 Å². The van der Waals surface area contributed by atoms with Crippen LogP contribution >= 0.6 is 15.9 Å². The molecule has 3 aromatic rings. The van der Waals surface area contributed by atoms with Gasteiger partial charge < -0.3 is 5.32 Å². The summed E-state index contributed by atoms with van der Waals surface area (Å²) in [6, 6.07) is 21.3. The molecule has 0 amide bonds. The lowest BCUT2D eigenvalue weighted by atomic mass is 10.0. The van der Waals surface area contributed by atoms with Crippen molar-refractivity contribution in [1.29, 1.82) is 0 Å². The summed E-state index contributed by atoms with van der Waals surface area (Å²) in [6.45, 7) is 2.93. The number of hydrogen-bond acceptors (Lipinski definition) is 1. The second kappa shape index (κ2) is 5.68. The molecule has 20 heavy (non-hydrogen) atoms. The third-order valence-electron chi connectivity index (χ3n) is 3.53. The highest BCUT2D eigenvalue weighted by Gasteiger charge is 2.01. The number of hydrogen-bond donors (Lipinski definition) is 1. The van der Waals surface area contributed by atoms with E-state index in [0.29, 0.717) is 0 Å². The summed E-state index contributed by atoms with van der Waals surface area (Å²) in [7, 11) is 0. The Hall–Kier alpha value is -1.80. The van der Waals surface area contributed by atoms with Gasteiger partial charge >= 0.3 is 0 Å². The Morgan fingerprint density at radius 2 is 1.75 bits per heavy atom. The number of rotatable bonds is 3. The van der Waals surface area contributed by atoms with Crippen LogP contribution < -0.4 is 5.32 Å². The van der Waals surface area contributed by atoms with E-state index in [4.69, 9.17) is 0 Å². The highest BCUT2D eigenvalue weighted by molar-refractivity contribution is 9.10. The smallest absolute Gasteiger partial charge is 0.0406 e. The molecular formula is C18H16BrN. The fourth-order valence-corrected chi connectivity index (χ4v) is 2.73. The van der Waals surface area contributed by atoms with Crippen molar-refractivity contribution >= 4 is 32.4 Å². The standard InChI is InChI=1S/C18H16BrN/c1-13-9-10-16(11-18(13)19)20-12-15-7-4-6-14-5-2-3-8-17(14)15/h2-11,20H,12H2,1H3. The summed E-state index contributed by atoms with van der Waals surface area (Å²) in [6.07, 6.45) is 0. The minimum absolute atomic E-state index is 0.830. The van der Waals surface area contributed by atoms with Gasteiger partial charge in [-0.1, -0.05) is 64.5 Å². The van der Waals surface area contributed by atoms with E-state index < -0.39 is 0 Å². The first-order valence-corrected chi connectivity index (χ1v) is 7.50. The lowest BCUT2D eigenvalue weighted by Gasteiger charge is -2.10. The van der Waals surface area contributed by atoms with E-state index in [1.807, 2.05) is 0 Å². The Labute approximate surface area is 127 Å². The molecule has 3 rings (SSSR count). The molecule has 0 bridgehead atoms. The number of anilines is 1. The molecule has 0 aliphatic carbocycles. The van der Waals surface area contributed by atoms with Gasteiger partial charge in [0.1, 0.15) is 0 Å². The van der Waals surface area contributed by atoms with Gasteiger partial charge in [0, 0.05) is 16.7 Å². The second-order valence-corrected chi connectivity index (χ2v) is 5.81. The highest BCUT2D eigenvalue weighted by atomic mass is 79.9. The Morgan fingerprint density at radius 1 is 0.950 bits per heavy atom. The lowest BCUT2D eigenvalue weighted by molar-refractivity contribution is 1.16. The molecule has 0 radical (unpaired) electrons. The first-order chi connectivity index (χ1) is 9.74. The van der Waals surface area contributed by atoms with Crippen molar-refractivity contribution in [3.05, 3.63) is 76.3 Å². The quantitative estimate of drug-likeness (QED) is 0.668. The van der Waals surface area contributed by atoms with Crippen molar-refractivity contribution in [3.63, 3.8) is 0 Å². The van der Waals surface area contributed by atoms with Gasteiger partial charge in [0.15, 0.2) is 0 Å². The summed E-state index contributed by atoms with van der Waals surface area (Å²) in [5, 5.41) is 6.09. The average molecular weight is 326 g/mol. The lowest BCUT2D eigenvalue weighted by Crippen LogP contribution is -2.00. The SMILES string of the molecule is Cc1ccc(NCc2cccc3ccccc23)cc1Br. The fourth-order valence-electron chi connectivity index (χ4n) is 2.35. The predicted octanol–water partition coefficient (Wildman–Crippen LogP) is 5.52. The monoisotopic (exact) mass is 325 g/mol. The van der Waals surface area contributed by atoms with Crippen LogP contribution in [-0.4, -0.2) is 0 Å². The Bertz CT molecular complexity index is 744. The second-order valence-electron chi connectivity index (χ2n) is 4.96. The van der Waals surface area contributed by atoms with Crippen molar-refractivity contribution in [1.82, 2.24) is 0 Å². The van der Waals surface area contributed by atoms with Gasteiger partial charge in [-0.05, 0) is 41.0 Å². The Kier molecular flexibility index (Phi) is 3.75. The molecule has 0 heterocycles. The molecule has 2 heteroatoms. The minimum Gasteiger partial charge on any atom is -0.381 e. The van der Waals surface area contributed by atoms with E-state index in [0.717, 1.165) is 16.7 Å². The number of aryl methyl sites for hydroxylation is 1. The zero-order valence-corrected chi connectivity index (χ0v) is 12.9. The molecule has 0 spiro atoms. The third kappa shape index (κ3) is 2.70. The molecule has 0 saturated carbocycles. The van der Waals surface area contributed by atoms with Crippen LogP contribution in [0.1, 0.15) is 11.1 Å². The highest BCUT2D eigenvalue weighted by Crippen LogP contribution is 2.23. The van der Waals surface area contributed by atoms with Crippen molar-refractivity contribution in [3.8, 4) is 0 Å². The minimum atomic E-state index is 0.830. The summed E-state index contributed by atoms with van der Waals surface area (Å²) in [5.41, 5.74) is 3.70. The van der Waals surface area contributed by atoms with Crippen LogP contribution in [0.5, 0.6) is 0 Å². The summed E-state index contributed by atoms with van der Waals surface area (Å²) < 4.78 is 1.14. The molecular weight excluding hydrogens is 310 g/mol. The van der Waals surface area contributed by atoms with Crippen LogP contribution in [0.25, 0.3) is 10.8 Å². The van der Waals surface area contributed by atoms with Crippen molar-refractivity contribution in [2.45, 2.75) is 13.5 Å². The maximum atomic E-state index is 3.57. The number of benzene rings is 3. The van der Waals surface area contributed by atoms with Crippen LogP contribution in [-0.2, 0) is 6.54 Å². The van der Waals surface area contributed by atoms with Gasteiger partial charge in [0.05, 0.1) is 0 Å². The molecule has 0 atom stereocenters. The number of nitrogens with one attached hydrogen (secondary N) is 1. The van der Waals surface area contributed by atoms with Gasteiger partial charge in [-0.2, -0.15) is 0 Å². The van der Waals surface area contributed by atoms with E-state index in [1.54, 1.807) is 0 Å². The van der Waals surface area contributed by atoms with Gasteiger partial charge in [-0.25, -0.2) is 0 Å². The van der Waals surface area contributed by atoms with E-state index >= 15 is 0 Å². The van der Waals surface area contributed by atoms with Gasteiger partial charge in [-0.15, -0.1) is 0 Å². The summed E-state index contributed by atoms with van der Waals surface area (Å²) in [5.74, 6) is 0. The van der Waals surface area contributed by atoms with Crippen molar-refractivity contribution in [2.75, 3.05) is 5.32 Å². The van der Waals surface area contributed by atoms with E-state index in [2.05, 4.69) is 88.8 Å². The zero-order chi connectivity index (χ0) is 13.9. The van der Waals surface area contributed by atoms with Crippen LogP contribution in [0, 0.1) is 6.92 Å². The topological polar surface area (TPSA) is 12.0 Å². The molecule has 0 unspecified atom stereocenters. The van der Waals surface area contributed by atoms with Crippen LogP contribution in [0.2, 0.25) is 0 Å². The molecule has 0 aliphatic rings. The third-order valence-corrected chi connectivity index (χ3v) is 4.39. The molecule has 1 nitrogen and oxygen atoms in total. The summed E-state index contributed by atoms with van der Waals surface area (Å²) in [4.78, 5) is 0. The largest absolute Gasteiger partial charge is 0.381 e. The van der Waals surface area contributed by atoms with Crippen molar-refractivity contribution in [2.24, 2.45) is 0 Å². The summed E-state index contributed by atoms with van der Waals surface area (Å²) >= 11 is 3.57. The van der Waals surface area contributed by atoms with Gasteiger partial charge in [-0.3, -0.25) is 0 Å². The maximum Gasteiger partial charge on any atom is 0.0406 e. The van der Waals surface area contributed by atoms with Gasteiger partial charge in [0.2, 0.25) is 0 Å². The number of halogens is 1. The first kappa shape index (κ1) is 13.2. The van der Waals surface area contributed by atoms with Gasteiger partial charge in [0.25, 0.3) is 0 Å². The van der Waals surface area contributed by atoms with Crippen LogP contribution in [0.4, 0.5) is 5.69 Å². The molecule has 0 aromatic heterocycles. The molecule has 0 saturated heterocycles.